The van der Waals surface area contributed by atoms with E-state index in [1.54, 1.807) is 25.3 Å². The highest BCUT2D eigenvalue weighted by Gasteiger charge is 2.12. The number of hydrogen-bond acceptors (Lipinski definition) is 3. The Kier molecular flexibility index (Phi) is 3.42. The minimum absolute atomic E-state index is 0.532. The molecule has 0 bridgehead atoms. The van der Waals surface area contributed by atoms with E-state index in [-0.39, 0.29) is 0 Å². The molecule has 0 aliphatic carbocycles. The third kappa shape index (κ3) is 2.29. The van der Waals surface area contributed by atoms with E-state index in [2.05, 4.69) is 11.1 Å². The van der Waals surface area contributed by atoms with Gasteiger partial charge in [-0.1, -0.05) is 11.6 Å². The summed E-state index contributed by atoms with van der Waals surface area (Å²) in [7, 11) is 1.56. The van der Waals surface area contributed by atoms with Gasteiger partial charge in [-0.05, 0) is 42.5 Å². The summed E-state index contributed by atoms with van der Waals surface area (Å²) in [6.45, 7) is 0. The summed E-state index contributed by atoms with van der Waals surface area (Å²) in [4.78, 5) is 3.12. The number of aromatic amines is 1. The van der Waals surface area contributed by atoms with Crippen molar-refractivity contribution < 1.29 is 4.74 Å². The number of halogens is 1. The second kappa shape index (κ2) is 5.24. The summed E-state index contributed by atoms with van der Waals surface area (Å²) in [6.07, 6.45) is 0. The monoisotopic (exact) mass is 315 g/mol. The highest BCUT2D eigenvalue weighted by atomic mass is 35.5. The fourth-order valence-corrected chi connectivity index (χ4v) is 2.73. The van der Waals surface area contributed by atoms with Crippen LogP contribution < -0.4 is 4.74 Å². The van der Waals surface area contributed by atoms with Gasteiger partial charge in [0.1, 0.15) is 5.75 Å². The summed E-state index contributed by atoms with van der Waals surface area (Å²) in [5.41, 5.74) is 3.05. The maximum atomic E-state index is 8.98. The lowest BCUT2D eigenvalue weighted by atomic mass is 10.2. The molecule has 0 spiro atoms. The van der Waals surface area contributed by atoms with E-state index in [1.165, 1.54) is 0 Å². The van der Waals surface area contributed by atoms with Gasteiger partial charge >= 0.3 is 0 Å². The van der Waals surface area contributed by atoms with Gasteiger partial charge in [0.15, 0.2) is 4.77 Å². The minimum Gasteiger partial charge on any atom is -0.495 e. The number of hydrogen-bond donors (Lipinski definition) is 1. The van der Waals surface area contributed by atoms with Crippen molar-refractivity contribution in [2.75, 3.05) is 7.11 Å². The fourth-order valence-electron chi connectivity index (χ4n) is 2.25. The lowest BCUT2D eigenvalue weighted by Gasteiger charge is -2.10. The average Bonchev–Trinajstić information content (AvgIpc) is 2.81. The second-order valence-electron chi connectivity index (χ2n) is 4.43. The van der Waals surface area contributed by atoms with E-state index in [0.29, 0.717) is 21.1 Å². The number of nitrogens with zero attached hydrogens (tertiary/aromatic N) is 2. The van der Waals surface area contributed by atoms with Crippen LogP contribution in [0.4, 0.5) is 0 Å². The Balaban J connectivity index is 2.33. The van der Waals surface area contributed by atoms with Crippen molar-refractivity contribution in [2.24, 2.45) is 0 Å². The molecule has 0 fully saturated rings. The number of ether oxygens (including phenoxy) is 1. The summed E-state index contributed by atoms with van der Waals surface area (Å²) in [6, 6.07) is 12.8. The van der Waals surface area contributed by atoms with Gasteiger partial charge in [-0.2, -0.15) is 5.26 Å². The molecule has 2 aromatic carbocycles. The van der Waals surface area contributed by atoms with Crippen molar-refractivity contribution >= 4 is 34.9 Å². The van der Waals surface area contributed by atoms with Crippen LogP contribution >= 0.6 is 23.8 Å². The number of nitrogens with one attached hydrogen (secondary N) is 1. The van der Waals surface area contributed by atoms with Gasteiger partial charge in [0, 0.05) is 11.1 Å². The normalized spacial score (nSPS) is 10.5. The predicted octanol–water partition coefficient (Wildman–Crippen LogP) is 4.22. The smallest absolute Gasteiger partial charge is 0.182 e. The van der Waals surface area contributed by atoms with Crippen LogP contribution in [0.25, 0.3) is 16.7 Å². The van der Waals surface area contributed by atoms with Gasteiger partial charge < -0.3 is 9.72 Å². The Hall–Kier alpha value is -2.29. The zero-order chi connectivity index (χ0) is 15.0. The number of aromatic nitrogens is 2. The summed E-state index contributed by atoms with van der Waals surface area (Å²) >= 11 is 11.4. The van der Waals surface area contributed by atoms with Gasteiger partial charge in [0.2, 0.25) is 0 Å². The van der Waals surface area contributed by atoms with Crippen molar-refractivity contribution in [3.8, 4) is 17.5 Å². The van der Waals surface area contributed by atoms with Crippen molar-refractivity contribution in [1.29, 1.82) is 5.26 Å². The Morgan fingerprint density at radius 2 is 2.10 bits per heavy atom. The van der Waals surface area contributed by atoms with Crippen LogP contribution in [0.15, 0.2) is 36.4 Å². The molecule has 0 radical (unpaired) electrons. The van der Waals surface area contributed by atoms with Crippen LogP contribution in [-0.4, -0.2) is 16.7 Å². The van der Waals surface area contributed by atoms with Crippen LogP contribution in [0, 0.1) is 16.1 Å². The number of nitriles is 1. The van der Waals surface area contributed by atoms with E-state index in [1.807, 2.05) is 22.8 Å². The molecule has 0 aliphatic heterocycles. The third-order valence-corrected chi connectivity index (χ3v) is 3.71. The molecule has 0 saturated carbocycles. The molecule has 1 N–H and O–H groups in total. The van der Waals surface area contributed by atoms with Crippen LogP contribution in [0.2, 0.25) is 5.02 Å². The standard InChI is InChI=1S/C15H10ClN3OS/c1-20-14-6-9(8-17)2-4-13(14)19-12-5-3-10(16)7-11(12)18-15(19)21/h2-7H,1H3,(H,18,21). The Morgan fingerprint density at radius 1 is 1.29 bits per heavy atom. The molecule has 4 nitrogen and oxygen atoms in total. The SMILES string of the molecule is COc1cc(C#N)ccc1-n1c(=S)[nH]c2cc(Cl)ccc21. The number of methoxy groups -OCH3 is 1. The zero-order valence-corrected chi connectivity index (χ0v) is 12.6. The predicted molar refractivity (Wildman–Crippen MR) is 84.7 cm³/mol. The lowest BCUT2D eigenvalue weighted by molar-refractivity contribution is 0.413. The first-order chi connectivity index (χ1) is 10.1. The molecule has 0 unspecified atom stereocenters. The van der Waals surface area contributed by atoms with Crippen LogP contribution in [-0.2, 0) is 0 Å². The van der Waals surface area contributed by atoms with Crippen molar-refractivity contribution in [3.05, 3.63) is 51.8 Å². The second-order valence-corrected chi connectivity index (χ2v) is 5.25. The number of fused-ring (bicyclic) bond motifs is 1. The molecule has 0 saturated heterocycles. The van der Waals surface area contributed by atoms with Gasteiger partial charge in [-0.3, -0.25) is 4.57 Å². The summed E-state index contributed by atoms with van der Waals surface area (Å²) < 4.78 is 7.78. The maximum Gasteiger partial charge on any atom is 0.182 e. The average molecular weight is 316 g/mol. The van der Waals surface area contributed by atoms with E-state index in [4.69, 9.17) is 33.8 Å². The number of imidazole rings is 1. The molecular weight excluding hydrogens is 306 g/mol. The molecular formula is C15H10ClN3OS. The molecule has 0 atom stereocenters. The Bertz CT molecular complexity index is 936. The van der Waals surface area contributed by atoms with E-state index in [0.717, 1.165) is 16.7 Å². The molecule has 104 valence electrons. The zero-order valence-electron chi connectivity index (χ0n) is 11.1. The molecule has 1 heterocycles. The topological polar surface area (TPSA) is 53.7 Å². The van der Waals surface area contributed by atoms with Crippen LogP contribution in [0.1, 0.15) is 5.56 Å². The highest BCUT2D eigenvalue weighted by Crippen LogP contribution is 2.29. The van der Waals surface area contributed by atoms with E-state index in [9.17, 15) is 0 Å². The van der Waals surface area contributed by atoms with Crippen molar-refractivity contribution in [2.45, 2.75) is 0 Å². The van der Waals surface area contributed by atoms with Crippen molar-refractivity contribution in [1.82, 2.24) is 9.55 Å². The summed E-state index contributed by atoms with van der Waals surface area (Å²) in [5, 5.41) is 9.62. The molecule has 3 aromatic rings. The van der Waals surface area contributed by atoms with E-state index < -0.39 is 0 Å². The minimum atomic E-state index is 0.532. The third-order valence-electron chi connectivity index (χ3n) is 3.19. The molecule has 1 aromatic heterocycles. The molecule has 0 aliphatic rings. The van der Waals surface area contributed by atoms with Gasteiger partial charge in [-0.15, -0.1) is 0 Å². The van der Waals surface area contributed by atoms with Crippen LogP contribution in [0.5, 0.6) is 5.75 Å². The summed E-state index contributed by atoms with van der Waals surface area (Å²) in [5.74, 6) is 0.584. The van der Waals surface area contributed by atoms with Gasteiger partial charge in [-0.25, -0.2) is 0 Å². The van der Waals surface area contributed by atoms with Crippen molar-refractivity contribution in [3.63, 3.8) is 0 Å². The first kappa shape index (κ1) is 13.7. The Labute approximate surface area is 131 Å². The number of rotatable bonds is 2. The number of benzene rings is 2. The first-order valence-corrected chi connectivity index (χ1v) is 6.91. The maximum absolute atomic E-state index is 8.98. The quantitative estimate of drug-likeness (QED) is 0.720. The van der Waals surface area contributed by atoms with Crippen LogP contribution in [0.3, 0.4) is 0 Å². The molecule has 3 rings (SSSR count). The highest BCUT2D eigenvalue weighted by molar-refractivity contribution is 7.71. The molecule has 6 heteroatoms. The molecule has 0 amide bonds. The van der Waals surface area contributed by atoms with E-state index >= 15 is 0 Å². The Morgan fingerprint density at radius 3 is 2.81 bits per heavy atom. The van der Waals surface area contributed by atoms with Gasteiger partial charge in [0.25, 0.3) is 0 Å². The fraction of sp³-hybridized carbons (Fsp3) is 0.0667. The first-order valence-electron chi connectivity index (χ1n) is 6.13. The largest absolute Gasteiger partial charge is 0.495 e. The number of H-pyrrole nitrogens is 1. The molecule has 21 heavy (non-hydrogen) atoms. The lowest BCUT2D eigenvalue weighted by Crippen LogP contribution is -1.98. The van der Waals surface area contributed by atoms with Gasteiger partial charge in [0.05, 0.1) is 35.5 Å².